The SMILES string of the molecule is COC(=O)Cc1ccc(SCc2oc(-c3ccc(C(F)(F)F)cc3)nc2C)c(Cl)c1. The Balaban J connectivity index is 1.70. The van der Waals surface area contributed by atoms with Crippen molar-refractivity contribution in [2.75, 3.05) is 7.11 Å². The Morgan fingerprint density at radius 2 is 1.90 bits per heavy atom. The largest absolute Gasteiger partial charge is 0.469 e. The second kappa shape index (κ2) is 9.14. The highest BCUT2D eigenvalue weighted by Crippen LogP contribution is 2.34. The summed E-state index contributed by atoms with van der Waals surface area (Å²) in [6, 6.07) is 9.99. The minimum Gasteiger partial charge on any atom is -0.469 e. The standard InChI is InChI=1S/C21H17ClF3NO3S/c1-12-17(11-30-18-8-3-13(9-16(18)22)10-19(27)28-2)29-20(26-12)14-4-6-15(7-5-14)21(23,24)25/h3-9H,10-11H2,1-2H3. The number of aromatic nitrogens is 1. The number of carbonyl (C=O) groups excluding carboxylic acids is 1. The number of carbonyl (C=O) groups is 1. The average Bonchev–Trinajstić information content (AvgIpc) is 3.07. The molecule has 0 fully saturated rings. The number of aryl methyl sites for hydroxylation is 1. The summed E-state index contributed by atoms with van der Waals surface area (Å²) in [7, 11) is 1.33. The molecule has 1 aromatic heterocycles. The van der Waals surface area contributed by atoms with Gasteiger partial charge in [-0.3, -0.25) is 4.79 Å². The van der Waals surface area contributed by atoms with Crippen molar-refractivity contribution in [3.63, 3.8) is 0 Å². The van der Waals surface area contributed by atoms with E-state index in [0.29, 0.717) is 27.8 Å². The molecule has 0 radical (unpaired) electrons. The number of ether oxygens (including phenoxy) is 1. The van der Waals surface area contributed by atoms with Gasteiger partial charge in [-0.15, -0.1) is 11.8 Å². The predicted molar refractivity (Wildman–Crippen MR) is 108 cm³/mol. The van der Waals surface area contributed by atoms with Gasteiger partial charge in [0.2, 0.25) is 5.89 Å². The van der Waals surface area contributed by atoms with Crippen LogP contribution in [0.15, 0.2) is 51.8 Å². The fourth-order valence-electron chi connectivity index (χ4n) is 2.64. The molecule has 3 aromatic rings. The number of thioether (sulfide) groups is 1. The number of nitrogens with zero attached hydrogens (tertiary/aromatic N) is 1. The van der Waals surface area contributed by atoms with Crippen LogP contribution >= 0.6 is 23.4 Å². The highest BCUT2D eigenvalue weighted by atomic mass is 35.5. The van der Waals surface area contributed by atoms with Crippen LogP contribution in [-0.4, -0.2) is 18.1 Å². The quantitative estimate of drug-likeness (QED) is 0.321. The molecule has 3 rings (SSSR count). The minimum atomic E-state index is -4.39. The molecule has 2 aromatic carbocycles. The Labute approximate surface area is 180 Å². The molecule has 0 spiro atoms. The number of benzene rings is 2. The summed E-state index contributed by atoms with van der Waals surface area (Å²) in [4.78, 5) is 16.5. The maximum atomic E-state index is 12.7. The van der Waals surface area contributed by atoms with E-state index in [-0.39, 0.29) is 18.3 Å². The molecule has 0 aliphatic carbocycles. The van der Waals surface area contributed by atoms with E-state index >= 15 is 0 Å². The minimum absolute atomic E-state index is 0.138. The van der Waals surface area contributed by atoms with Crippen molar-refractivity contribution in [2.24, 2.45) is 0 Å². The van der Waals surface area contributed by atoms with Crippen LogP contribution in [0.1, 0.15) is 22.6 Å². The van der Waals surface area contributed by atoms with Gasteiger partial charge in [0.1, 0.15) is 5.76 Å². The summed E-state index contributed by atoms with van der Waals surface area (Å²) in [5, 5.41) is 0.501. The molecule has 0 aliphatic rings. The van der Waals surface area contributed by atoms with Gasteiger partial charge in [-0.25, -0.2) is 4.98 Å². The monoisotopic (exact) mass is 455 g/mol. The highest BCUT2D eigenvalue weighted by Gasteiger charge is 2.30. The van der Waals surface area contributed by atoms with Gasteiger partial charge in [0.15, 0.2) is 0 Å². The van der Waals surface area contributed by atoms with Gasteiger partial charge in [-0.1, -0.05) is 17.7 Å². The van der Waals surface area contributed by atoms with Crippen LogP contribution in [-0.2, 0) is 27.9 Å². The summed E-state index contributed by atoms with van der Waals surface area (Å²) >= 11 is 7.74. The van der Waals surface area contributed by atoms with Crippen molar-refractivity contribution < 1.29 is 27.1 Å². The average molecular weight is 456 g/mol. The van der Waals surface area contributed by atoms with Gasteiger partial charge in [0.05, 0.1) is 35.6 Å². The maximum Gasteiger partial charge on any atom is 0.416 e. The molecule has 0 N–H and O–H groups in total. The molecule has 9 heteroatoms. The lowest BCUT2D eigenvalue weighted by Gasteiger charge is -2.06. The third kappa shape index (κ3) is 5.37. The topological polar surface area (TPSA) is 52.3 Å². The van der Waals surface area contributed by atoms with Crippen molar-refractivity contribution in [1.82, 2.24) is 4.98 Å². The Hall–Kier alpha value is -2.45. The van der Waals surface area contributed by atoms with Crippen LogP contribution in [0.25, 0.3) is 11.5 Å². The number of alkyl halides is 3. The van der Waals surface area contributed by atoms with E-state index < -0.39 is 11.7 Å². The molecule has 30 heavy (non-hydrogen) atoms. The molecule has 1 heterocycles. The van der Waals surface area contributed by atoms with Crippen LogP contribution in [0.3, 0.4) is 0 Å². The molecular weight excluding hydrogens is 439 g/mol. The molecule has 4 nitrogen and oxygen atoms in total. The van der Waals surface area contributed by atoms with E-state index in [1.54, 1.807) is 19.1 Å². The van der Waals surface area contributed by atoms with Crippen LogP contribution in [0.5, 0.6) is 0 Å². The van der Waals surface area contributed by atoms with E-state index in [2.05, 4.69) is 9.72 Å². The van der Waals surface area contributed by atoms with E-state index in [9.17, 15) is 18.0 Å². The number of hydrogen-bond acceptors (Lipinski definition) is 5. The Bertz CT molecular complexity index is 1050. The smallest absolute Gasteiger partial charge is 0.416 e. The first-order chi connectivity index (χ1) is 14.2. The lowest BCUT2D eigenvalue weighted by molar-refractivity contribution is -0.140. The highest BCUT2D eigenvalue weighted by molar-refractivity contribution is 7.98. The Morgan fingerprint density at radius 1 is 1.20 bits per heavy atom. The molecule has 0 unspecified atom stereocenters. The van der Waals surface area contributed by atoms with Crippen molar-refractivity contribution in [2.45, 2.75) is 30.2 Å². The zero-order valence-electron chi connectivity index (χ0n) is 16.0. The number of esters is 1. The van der Waals surface area contributed by atoms with E-state index in [0.717, 1.165) is 22.6 Å². The second-order valence-corrected chi connectivity index (χ2v) is 7.83. The Morgan fingerprint density at radius 3 is 2.50 bits per heavy atom. The van der Waals surface area contributed by atoms with Gasteiger partial charge < -0.3 is 9.15 Å². The first-order valence-electron chi connectivity index (χ1n) is 8.79. The predicted octanol–water partition coefficient (Wildman–Crippen LogP) is 6.33. The molecule has 0 bridgehead atoms. The molecule has 0 saturated carbocycles. The van der Waals surface area contributed by atoms with Crippen LogP contribution in [0.4, 0.5) is 13.2 Å². The van der Waals surface area contributed by atoms with Crippen molar-refractivity contribution >= 4 is 29.3 Å². The van der Waals surface area contributed by atoms with Gasteiger partial charge in [0.25, 0.3) is 0 Å². The second-order valence-electron chi connectivity index (χ2n) is 6.41. The summed E-state index contributed by atoms with van der Waals surface area (Å²) in [5.74, 6) is 0.954. The summed E-state index contributed by atoms with van der Waals surface area (Å²) < 4.78 is 48.5. The molecular formula is C21H17ClF3NO3S. The van der Waals surface area contributed by atoms with Crippen LogP contribution < -0.4 is 0 Å². The molecule has 0 saturated heterocycles. The third-order valence-corrected chi connectivity index (χ3v) is 5.78. The van der Waals surface area contributed by atoms with Crippen LogP contribution in [0, 0.1) is 6.92 Å². The normalized spacial score (nSPS) is 11.5. The van der Waals surface area contributed by atoms with E-state index in [1.165, 1.54) is 31.0 Å². The lowest BCUT2D eigenvalue weighted by Crippen LogP contribution is -2.04. The fraction of sp³-hybridized carbons (Fsp3) is 0.238. The maximum absolute atomic E-state index is 12.7. The summed E-state index contributed by atoms with van der Waals surface area (Å²) in [6.07, 6.45) is -4.25. The van der Waals surface area contributed by atoms with E-state index in [4.69, 9.17) is 16.0 Å². The number of rotatable bonds is 6. The lowest BCUT2D eigenvalue weighted by atomic mass is 10.1. The first kappa shape index (κ1) is 22.2. The van der Waals surface area contributed by atoms with Gasteiger partial charge in [-0.05, 0) is 48.9 Å². The zero-order valence-corrected chi connectivity index (χ0v) is 17.6. The summed E-state index contributed by atoms with van der Waals surface area (Å²) in [6.45, 7) is 1.77. The molecule has 0 amide bonds. The van der Waals surface area contributed by atoms with Crippen molar-refractivity contribution in [3.8, 4) is 11.5 Å². The number of oxazole rings is 1. The molecule has 0 atom stereocenters. The van der Waals surface area contributed by atoms with Crippen molar-refractivity contribution in [1.29, 1.82) is 0 Å². The number of hydrogen-bond donors (Lipinski definition) is 0. The number of halogens is 4. The van der Waals surface area contributed by atoms with Gasteiger partial charge >= 0.3 is 12.1 Å². The Kier molecular flexibility index (Phi) is 6.77. The fourth-order valence-corrected chi connectivity index (χ4v) is 3.92. The van der Waals surface area contributed by atoms with Crippen LogP contribution in [0.2, 0.25) is 5.02 Å². The third-order valence-electron chi connectivity index (χ3n) is 4.28. The zero-order chi connectivity index (χ0) is 21.9. The van der Waals surface area contributed by atoms with Gasteiger partial charge in [0, 0.05) is 10.5 Å². The van der Waals surface area contributed by atoms with Gasteiger partial charge in [-0.2, -0.15) is 13.2 Å². The first-order valence-corrected chi connectivity index (χ1v) is 10.2. The number of methoxy groups -OCH3 is 1. The molecule has 158 valence electrons. The van der Waals surface area contributed by atoms with Crippen molar-refractivity contribution in [3.05, 3.63) is 70.1 Å². The summed E-state index contributed by atoms with van der Waals surface area (Å²) in [5.41, 5.74) is 1.13. The molecule has 0 aliphatic heterocycles. The van der Waals surface area contributed by atoms with E-state index in [1.807, 2.05) is 6.07 Å².